The molecule has 0 unspecified atom stereocenters. The molecule has 0 heterocycles. The van der Waals surface area contributed by atoms with E-state index in [2.05, 4.69) is 0 Å². The molecular weight excluding hydrogens is 272 g/mol. The molecule has 0 bridgehead atoms. The summed E-state index contributed by atoms with van der Waals surface area (Å²) >= 11 is 0. The van der Waals surface area contributed by atoms with E-state index in [4.69, 9.17) is 0 Å². The van der Waals surface area contributed by atoms with Crippen molar-refractivity contribution in [2.45, 2.75) is 9.79 Å². The Morgan fingerprint density at radius 2 is 0.933 bits per heavy atom. The first-order valence-electron chi connectivity index (χ1n) is 3.23. The Labute approximate surface area is 117 Å². The van der Waals surface area contributed by atoms with E-state index in [9.17, 15) is 25.9 Å². The summed E-state index contributed by atoms with van der Waals surface area (Å²) in [5.74, 6) is 0. The van der Waals surface area contributed by atoms with Gasteiger partial charge in [-0.15, -0.1) is 0 Å². The van der Waals surface area contributed by atoms with Gasteiger partial charge in [-0.25, -0.2) is 16.8 Å². The molecule has 1 aromatic carbocycles. The van der Waals surface area contributed by atoms with Crippen molar-refractivity contribution in [2.24, 2.45) is 0 Å². The van der Waals surface area contributed by atoms with Crippen molar-refractivity contribution in [3.63, 3.8) is 0 Å². The van der Waals surface area contributed by atoms with Crippen LogP contribution in [0.25, 0.3) is 0 Å². The van der Waals surface area contributed by atoms with Crippen LogP contribution in [0.5, 0.6) is 0 Å². The topological polar surface area (TPSA) is 114 Å². The molecule has 0 N–H and O–H groups in total. The summed E-state index contributed by atoms with van der Waals surface area (Å²) in [4.78, 5) is -1.16. The van der Waals surface area contributed by atoms with Crippen LogP contribution in [0.2, 0.25) is 0 Å². The largest absolute Gasteiger partial charge is 2.00 e. The zero-order valence-electron chi connectivity index (χ0n) is 7.28. The van der Waals surface area contributed by atoms with Gasteiger partial charge in [0.25, 0.3) is 0 Å². The van der Waals surface area contributed by atoms with Crippen molar-refractivity contribution < 1.29 is 25.9 Å². The molecular formula is C6H4CaO6S2. The Morgan fingerprint density at radius 1 is 0.733 bits per heavy atom. The van der Waals surface area contributed by atoms with Gasteiger partial charge in [0, 0.05) is 0 Å². The fourth-order valence-corrected chi connectivity index (χ4v) is 1.71. The molecule has 0 saturated heterocycles. The predicted molar refractivity (Wildman–Crippen MR) is 48.1 cm³/mol. The third-order valence-corrected chi connectivity index (χ3v) is 3.10. The standard InChI is InChI=1S/C6H6O6S2.Ca/c7-13(8,9)5-1-2-6(4-3-5)14(10,11)12;/h1-4H,(H,7,8,9)(H,10,11,12);/q;+2/p-2. The van der Waals surface area contributed by atoms with Crippen molar-refractivity contribution in [3.8, 4) is 0 Å². The summed E-state index contributed by atoms with van der Waals surface area (Å²) in [7, 11) is -9.22. The molecule has 0 saturated carbocycles. The first-order valence-corrected chi connectivity index (χ1v) is 6.05. The third kappa shape index (κ3) is 4.35. The Morgan fingerprint density at radius 3 is 1.07 bits per heavy atom. The van der Waals surface area contributed by atoms with Crippen LogP contribution in [0.4, 0.5) is 0 Å². The second kappa shape index (κ2) is 5.09. The van der Waals surface area contributed by atoms with E-state index in [1.165, 1.54) is 0 Å². The van der Waals surface area contributed by atoms with Crippen molar-refractivity contribution in [1.82, 2.24) is 0 Å². The van der Waals surface area contributed by atoms with Gasteiger partial charge in [0.15, 0.2) is 0 Å². The smallest absolute Gasteiger partial charge is 0.744 e. The molecule has 0 aliphatic heterocycles. The Bertz CT molecular complexity index is 478. The van der Waals surface area contributed by atoms with Crippen molar-refractivity contribution in [3.05, 3.63) is 24.3 Å². The number of hydrogen-bond acceptors (Lipinski definition) is 6. The van der Waals surface area contributed by atoms with Crippen LogP contribution in [-0.2, 0) is 20.2 Å². The molecule has 9 heteroatoms. The maximum Gasteiger partial charge on any atom is 2.00 e. The molecule has 0 radical (unpaired) electrons. The average Bonchev–Trinajstić information content (AvgIpc) is 2.01. The van der Waals surface area contributed by atoms with E-state index in [0.717, 1.165) is 24.3 Å². The van der Waals surface area contributed by atoms with Gasteiger partial charge < -0.3 is 9.11 Å². The second-order valence-electron chi connectivity index (χ2n) is 2.38. The Hall–Kier alpha value is 0.300. The molecule has 0 spiro atoms. The molecule has 1 aromatic rings. The minimum absolute atomic E-state index is 0. The molecule has 78 valence electrons. The van der Waals surface area contributed by atoms with E-state index >= 15 is 0 Å². The second-order valence-corrected chi connectivity index (χ2v) is 5.14. The zero-order chi connectivity index (χ0) is 11.0. The Balaban J connectivity index is 0.00000196. The van der Waals surface area contributed by atoms with E-state index in [-0.39, 0.29) is 37.7 Å². The van der Waals surface area contributed by atoms with Crippen LogP contribution in [0.15, 0.2) is 34.1 Å². The number of hydrogen-bond donors (Lipinski definition) is 0. The molecule has 0 atom stereocenters. The minimum atomic E-state index is -4.61. The van der Waals surface area contributed by atoms with Gasteiger partial charge in [-0.05, 0) is 24.3 Å². The van der Waals surface area contributed by atoms with Crippen LogP contribution in [0, 0.1) is 0 Å². The normalized spacial score (nSPS) is 11.9. The SMILES string of the molecule is O=S(=O)([O-])c1ccc(S(=O)(=O)[O-])cc1.[Ca+2]. The number of rotatable bonds is 2. The monoisotopic (exact) mass is 276 g/mol. The summed E-state index contributed by atoms with van der Waals surface area (Å²) in [5.41, 5.74) is 0. The van der Waals surface area contributed by atoms with Crippen LogP contribution >= 0.6 is 0 Å². The van der Waals surface area contributed by atoms with E-state index in [1.807, 2.05) is 0 Å². The van der Waals surface area contributed by atoms with Crippen molar-refractivity contribution in [1.29, 1.82) is 0 Å². The van der Waals surface area contributed by atoms with E-state index < -0.39 is 30.0 Å². The summed E-state index contributed by atoms with van der Waals surface area (Å²) in [6.45, 7) is 0. The van der Waals surface area contributed by atoms with Crippen molar-refractivity contribution >= 4 is 58.0 Å². The summed E-state index contributed by atoms with van der Waals surface area (Å²) < 4.78 is 62.5. The van der Waals surface area contributed by atoms with Gasteiger partial charge in [0.1, 0.15) is 20.2 Å². The van der Waals surface area contributed by atoms with Gasteiger partial charge in [-0.3, -0.25) is 0 Å². The molecule has 1 rings (SSSR count). The molecule has 0 fully saturated rings. The van der Waals surface area contributed by atoms with Gasteiger partial charge in [-0.2, -0.15) is 0 Å². The first-order chi connectivity index (χ1) is 6.21. The van der Waals surface area contributed by atoms with Crippen LogP contribution < -0.4 is 0 Å². The zero-order valence-corrected chi connectivity index (χ0v) is 11.1. The third-order valence-electron chi connectivity index (χ3n) is 1.40. The molecule has 0 aromatic heterocycles. The van der Waals surface area contributed by atoms with Gasteiger partial charge >= 0.3 is 37.7 Å². The summed E-state index contributed by atoms with van der Waals surface area (Å²) in [6.07, 6.45) is 0. The van der Waals surface area contributed by atoms with Gasteiger partial charge in [0.2, 0.25) is 0 Å². The van der Waals surface area contributed by atoms with Crippen LogP contribution in [0.1, 0.15) is 0 Å². The molecule has 15 heavy (non-hydrogen) atoms. The summed E-state index contributed by atoms with van der Waals surface area (Å²) in [5, 5.41) is 0. The average molecular weight is 276 g/mol. The molecule has 6 nitrogen and oxygen atoms in total. The van der Waals surface area contributed by atoms with Crippen molar-refractivity contribution in [2.75, 3.05) is 0 Å². The Kier molecular flexibility index (Phi) is 5.19. The molecule has 0 aliphatic rings. The van der Waals surface area contributed by atoms with Crippen LogP contribution in [-0.4, -0.2) is 63.7 Å². The molecule has 0 amide bonds. The van der Waals surface area contributed by atoms with Gasteiger partial charge in [0.05, 0.1) is 9.79 Å². The maximum absolute atomic E-state index is 10.4. The van der Waals surface area contributed by atoms with E-state index in [0.29, 0.717) is 0 Å². The minimum Gasteiger partial charge on any atom is -0.744 e. The fraction of sp³-hybridized carbons (Fsp3) is 0. The van der Waals surface area contributed by atoms with Crippen LogP contribution in [0.3, 0.4) is 0 Å². The fourth-order valence-electron chi connectivity index (χ4n) is 0.773. The first kappa shape index (κ1) is 15.3. The van der Waals surface area contributed by atoms with Gasteiger partial charge in [-0.1, -0.05) is 0 Å². The number of benzene rings is 1. The molecule has 0 aliphatic carbocycles. The quantitative estimate of drug-likeness (QED) is 0.511. The summed E-state index contributed by atoms with van der Waals surface area (Å²) in [6, 6.07) is 3.08. The van der Waals surface area contributed by atoms with E-state index in [1.54, 1.807) is 0 Å². The predicted octanol–water partition coefficient (Wildman–Crippen LogP) is -0.886. The maximum atomic E-state index is 10.4.